The number of H-pyrrole nitrogens is 2. The molecule has 0 saturated carbocycles. The van der Waals surface area contributed by atoms with Crippen molar-refractivity contribution in [3.63, 3.8) is 0 Å². The van der Waals surface area contributed by atoms with Crippen molar-refractivity contribution in [3.05, 3.63) is 35.4 Å². The van der Waals surface area contributed by atoms with Gasteiger partial charge in [0.2, 0.25) is 23.6 Å². The van der Waals surface area contributed by atoms with E-state index in [9.17, 15) is 19.2 Å². The summed E-state index contributed by atoms with van der Waals surface area (Å²) in [6, 6.07) is 0.0252. The van der Waals surface area contributed by atoms with E-state index in [-0.39, 0.29) is 59.6 Å². The van der Waals surface area contributed by atoms with Crippen LogP contribution >= 0.6 is 0 Å². The molecule has 4 rings (SSSR count). The molecule has 0 radical (unpaired) electrons. The van der Waals surface area contributed by atoms with E-state index < -0.39 is 0 Å². The molecule has 4 amide bonds. The molecular weight excluding hydrogens is 536 g/mol. The highest BCUT2D eigenvalue weighted by molar-refractivity contribution is 5.84. The maximum Gasteiger partial charge on any atom is 0.242 e. The molecule has 42 heavy (non-hydrogen) atoms. The van der Waals surface area contributed by atoms with Gasteiger partial charge in [-0.25, -0.2) is 9.97 Å². The predicted octanol–water partition coefficient (Wildman–Crippen LogP) is 3.01. The van der Waals surface area contributed by atoms with Crippen LogP contribution in [0.15, 0.2) is 12.4 Å². The molecule has 0 spiro atoms. The minimum absolute atomic E-state index is 0.00881. The van der Waals surface area contributed by atoms with Crippen molar-refractivity contribution in [2.75, 3.05) is 26.2 Å². The maximum absolute atomic E-state index is 12.2. The van der Waals surface area contributed by atoms with Gasteiger partial charge >= 0.3 is 0 Å². The van der Waals surface area contributed by atoms with E-state index in [1.54, 1.807) is 4.90 Å². The van der Waals surface area contributed by atoms with Crippen LogP contribution in [0.2, 0.25) is 0 Å². The van der Waals surface area contributed by atoms with Gasteiger partial charge in [-0.1, -0.05) is 41.5 Å². The van der Waals surface area contributed by atoms with E-state index >= 15 is 0 Å². The van der Waals surface area contributed by atoms with E-state index in [0.717, 1.165) is 55.3 Å². The molecule has 2 aliphatic heterocycles. The molecule has 2 aliphatic rings. The Bertz CT molecular complexity index is 1160. The molecule has 2 unspecified atom stereocenters. The number of carbonyl (C=O) groups excluding carboxylic acids is 4. The summed E-state index contributed by atoms with van der Waals surface area (Å²) in [6.07, 6.45) is 7.45. The molecule has 232 valence electrons. The van der Waals surface area contributed by atoms with Gasteiger partial charge in [-0.2, -0.15) is 0 Å². The quantitative estimate of drug-likeness (QED) is 0.409. The largest absolute Gasteiger partial charge is 0.347 e. The monoisotopic (exact) mass is 584 g/mol. The zero-order valence-electron chi connectivity index (χ0n) is 26.4. The number of hydrogen-bond donors (Lipinski definition) is 4. The summed E-state index contributed by atoms with van der Waals surface area (Å²) in [6.45, 7) is 17.1. The summed E-state index contributed by atoms with van der Waals surface area (Å²) in [5.41, 5.74) is 2.02. The second-order valence-corrected chi connectivity index (χ2v) is 13.2. The normalized spacial score (nSPS) is 18.9. The van der Waals surface area contributed by atoms with Crippen molar-refractivity contribution in [2.45, 2.75) is 104 Å². The smallest absolute Gasteiger partial charge is 0.242 e. The summed E-state index contributed by atoms with van der Waals surface area (Å²) < 4.78 is 0. The molecule has 2 atom stereocenters. The summed E-state index contributed by atoms with van der Waals surface area (Å²) >= 11 is 0. The minimum atomic E-state index is -0.188. The summed E-state index contributed by atoms with van der Waals surface area (Å²) in [5.74, 6) is 1.30. The van der Waals surface area contributed by atoms with Crippen LogP contribution in [0.4, 0.5) is 0 Å². The van der Waals surface area contributed by atoms with Crippen molar-refractivity contribution in [1.82, 2.24) is 40.4 Å². The Morgan fingerprint density at radius 2 is 1.31 bits per heavy atom. The molecule has 0 aromatic carbocycles. The first kappa shape index (κ1) is 32.8. The van der Waals surface area contributed by atoms with Gasteiger partial charge in [-0.05, 0) is 25.7 Å². The second kappa shape index (κ2) is 13.5. The number of aromatic amines is 2. The third-order valence-electron chi connectivity index (χ3n) is 7.51. The Hall–Kier alpha value is -3.70. The highest BCUT2D eigenvalue weighted by Gasteiger charge is 2.33. The second-order valence-electron chi connectivity index (χ2n) is 13.2. The Kier molecular flexibility index (Phi) is 10.6. The average Bonchev–Trinajstić information content (AvgIpc) is 3.70. The number of imidazole rings is 2. The Morgan fingerprint density at radius 3 is 1.76 bits per heavy atom. The van der Waals surface area contributed by atoms with Gasteiger partial charge in [-0.3, -0.25) is 19.2 Å². The fourth-order valence-corrected chi connectivity index (χ4v) is 5.11. The van der Waals surface area contributed by atoms with Crippen molar-refractivity contribution in [3.8, 4) is 0 Å². The van der Waals surface area contributed by atoms with Crippen LogP contribution < -0.4 is 10.6 Å². The summed E-state index contributed by atoms with van der Waals surface area (Å²) in [5, 5.41) is 5.13. The fraction of sp³-hybridized carbons (Fsp3) is 0.667. The molecule has 0 aliphatic carbocycles. The number of aromatic nitrogens is 4. The molecule has 4 N–H and O–H groups in total. The lowest BCUT2D eigenvalue weighted by atomic mass is 9.93. The lowest BCUT2D eigenvalue weighted by Crippen LogP contribution is -2.39. The Balaban J connectivity index is 0.000000230. The molecule has 0 bridgehead atoms. The SMILES string of the molecule is CC(=O)NCC(=O)N1CCCC1c1cnc(C(C)(C)C)[nH]1.CC(=O)NCC(=O)N1CCCC1c1ncc(C(C)(C)C)[nH]1. The van der Waals surface area contributed by atoms with E-state index in [1.165, 1.54) is 13.8 Å². The van der Waals surface area contributed by atoms with Gasteiger partial charge < -0.3 is 30.4 Å². The van der Waals surface area contributed by atoms with E-state index in [4.69, 9.17) is 0 Å². The highest BCUT2D eigenvalue weighted by atomic mass is 16.2. The van der Waals surface area contributed by atoms with E-state index in [0.29, 0.717) is 6.54 Å². The van der Waals surface area contributed by atoms with Crippen molar-refractivity contribution in [1.29, 1.82) is 0 Å². The van der Waals surface area contributed by atoms with Crippen LogP contribution in [0.1, 0.15) is 116 Å². The summed E-state index contributed by atoms with van der Waals surface area (Å²) in [7, 11) is 0. The van der Waals surface area contributed by atoms with Crippen LogP contribution in [0.5, 0.6) is 0 Å². The molecular formula is C30H48N8O4. The topological polar surface area (TPSA) is 156 Å². The van der Waals surface area contributed by atoms with Crippen LogP contribution in [0.25, 0.3) is 0 Å². The minimum Gasteiger partial charge on any atom is -0.347 e. The van der Waals surface area contributed by atoms with Gasteiger partial charge in [0.15, 0.2) is 0 Å². The van der Waals surface area contributed by atoms with Crippen LogP contribution in [0, 0.1) is 0 Å². The first-order valence-corrected chi connectivity index (χ1v) is 14.8. The number of nitrogens with zero attached hydrogens (tertiary/aromatic N) is 4. The van der Waals surface area contributed by atoms with Gasteiger partial charge in [0.1, 0.15) is 11.6 Å². The van der Waals surface area contributed by atoms with Gasteiger partial charge in [-0.15, -0.1) is 0 Å². The lowest BCUT2D eigenvalue weighted by Gasteiger charge is -2.24. The number of likely N-dealkylation sites (tertiary alicyclic amines) is 2. The zero-order valence-corrected chi connectivity index (χ0v) is 26.4. The van der Waals surface area contributed by atoms with Gasteiger partial charge in [0.25, 0.3) is 0 Å². The third-order valence-corrected chi connectivity index (χ3v) is 7.51. The first-order valence-electron chi connectivity index (χ1n) is 14.8. The number of nitrogens with one attached hydrogen (secondary N) is 4. The molecule has 2 aromatic heterocycles. The van der Waals surface area contributed by atoms with Crippen molar-refractivity contribution in [2.24, 2.45) is 0 Å². The van der Waals surface area contributed by atoms with Crippen molar-refractivity contribution >= 4 is 23.6 Å². The molecule has 4 heterocycles. The predicted molar refractivity (Wildman–Crippen MR) is 159 cm³/mol. The number of rotatable bonds is 6. The molecule has 2 aromatic rings. The molecule has 12 nitrogen and oxygen atoms in total. The number of carbonyl (C=O) groups is 4. The van der Waals surface area contributed by atoms with E-state index in [1.807, 2.05) is 17.3 Å². The van der Waals surface area contributed by atoms with Crippen LogP contribution in [-0.2, 0) is 30.0 Å². The average molecular weight is 585 g/mol. The van der Waals surface area contributed by atoms with Crippen LogP contribution in [0.3, 0.4) is 0 Å². The number of hydrogen-bond acceptors (Lipinski definition) is 6. The molecule has 2 fully saturated rings. The first-order chi connectivity index (χ1) is 19.6. The maximum atomic E-state index is 12.2. The molecule has 2 saturated heterocycles. The Morgan fingerprint density at radius 1 is 0.786 bits per heavy atom. The van der Waals surface area contributed by atoms with Crippen LogP contribution in [-0.4, -0.2) is 79.5 Å². The third kappa shape index (κ3) is 8.65. The lowest BCUT2D eigenvalue weighted by molar-refractivity contribution is -0.133. The Labute approximate surface area is 248 Å². The highest BCUT2D eigenvalue weighted by Crippen LogP contribution is 2.33. The van der Waals surface area contributed by atoms with Gasteiger partial charge in [0.05, 0.1) is 37.1 Å². The van der Waals surface area contributed by atoms with Crippen molar-refractivity contribution < 1.29 is 19.2 Å². The van der Waals surface area contributed by atoms with E-state index in [2.05, 4.69) is 72.1 Å². The van der Waals surface area contributed by atoms with Gasteiger partial charge in [0, 0.05) is 49.7 Å². The summed E-state index contributed by atoms with van der Waals surface area (Å²) in [4.78, 5) is 65.5. The standard InChI is InChI=1S/2C15H24N4O2/c1-10(20)16-9-13(21)19-7-5-6-12(19)11-8-17-14(18-11)15(2,3)4;1-10(20)16-9-13(21)19-7-5-6-11(19)14-17-8-12(18-14)15(2,3)4/h8,12H,5-7,9H2,1-4H3,(H,16,20)(H,17,18);8,11H,5-7,9H2,1-4H3,(H,16,20)(H,17,18). The fourth-order valence-electron chi connectivity index (χ4n) is 5.11. The molecule has 12 heteroatoms. The zero-order chi connectivity index (χ0) is 31.2. The number of amides is 4.